The molecule has 6 heteroatoms. The molecule has 5 nitrogen and oxygen atoms in total. The molecule has 1 aromatic rings. The van der Waals surface area contributed by atoms with Gasteiger partial charge in [-0.15, -0.1) is 12.4 Å². The summed E-state index contributed by atoms with van der Waals surface area (Å²) in [5.41, 5.74) is 7.86. The molecule has 0 spiro atoms. The maximum absolute atomic E-state index is 11.7. The number of anilines is 2. The average molecular weight is 314 g/mol. The first kappa shape index (κ1) is 19.4. The van der Waals surface area contributed by atoms with Crippen molar-refractivity contribution in [2.75, 3.05) is 10.6 Å². The van der Waals surface area contributed by atoms with Gasteiger partial charge in [-0.25, -0.2) is 0 Å². The zero-order valence-corrected chi connectivity index (χ0v) is 13.5. The van der Waals surface area contributed by atoms with E-state index >= 15 is 0 Å². The fourth-order valence-electron chi connectivity index (χ4n) is 1.84. The van der Waals surface area contributed by atoms with E-state index in [0.717, 1.165) is 17.7 Å². The summed E-state index contributed by atoms with van der Waals surface area (Å²) in [6, 6.07) is 5.26. The summed E-state index contributed by atoms with van der Waals surface area (Å²) in [6.07, 6.45) is 1.56. The Morgan fingerprint density at radius 1 is 1.19 bits per heavy atom. The van der Waals surface area contributed by atoms with Crippen LogP contribution in [0.25, 0.3) is 0 Å². The summed E-state index contributed by atoms with van der Waals surface area (Å²) in [4.78, 5) is 23.4. The van der Waals surface area contributed by atoms with Crippen molar-refractivity contribution in [3.05, 3.63) is 23.8 Å². The normalized spacial score (nSPS) is 11.2. The van der Waals surface area contributed by atoms with Gasteiger partial charge in [-0.1, -0.05) is 13.0 Å². The fourth-order valence-corrected chi connectivity index (χ4v) is 1.84. The molecule has 1 unspecified atom stereocenters. The van der Waals surface area contributed by atoms with Crippen LogP contribution in [0.15, 0.2) is 18.2 Å². The molecule has 1 atom stereocenters. The van der Waals surface area contributed by atoms with Gasteiger partial charge in [-0.3, -0.25) is 9.59 Å². The lowest BCUT2D eigenvalue weighted by Gasteiger charge is -2.14. The van der Waals surface area contributed by atoms with E-state index in [2.05, 4.69) is 10.6 Å². The average Bonchev–Trinajstić information content (AvgIpc) is 2.33. The number of benzene rings is 1. The van der Waals surface area contributed by atoms with Crippen LogP contribution in [-0.2, 0) is 9.59 Å². The number of amides is 2. The number of hydrogen-bond acceptors (Lipinski definition) is 3. The lowest BCUT2D eigenvalue weighted by Crippen LogP contribution is -2.24. The van der Waals surface area contributed by atoms with E-state index in [9.17, 15) is 9.59 Å². The molecule has 0 aliphatic rings. The maximum atomic E-state index is 11.7. The third-order valence-electron chi connectivity index (χ3n) is 2.87. The van der Waals surface area contributed by atoms with Gasteiger partial charge in [0.25, 0.3) is 0 Å². The maximum Gasteiger partial charge on any atom is 0.225 e. The van der Waals surface area contributed by atoms with Crippen LogP contribution in [0.1, 0.15) is 38.7 Å². The van der Waals surface area contributed by atoms with E-state index in [4.69, 9.17) is 5.73 Å². The van der Waals surface area contributed by atoms with Crippen LogP contribution in [0.3, 0.4) is 0 Å². The van der Waals surface area contributed by atoms with Gasteiger partial charge in [0.15, 0.2) is 0 Å². The van der Waals surface area contributed by atoms with E-state index in [0.29, 0.717) is 12.1 Å². The van der Waals surface area contributed by atoms with Crippen LogP contribution in [0.5, 0.6) is 0 Å². The second-order valence-corrected chi connectivity index (χ2v) is 5.01. The minimum atomic E-state index is -0.178. The molecule has 0 saturated heterocycles. The molecule has 0 radical (unpaired) electrons. The Hall–Kier alpha value is -1.59. The highest BCUT2D eigenvalue weighted by Crippen LogP contribution is 2.23. The van der Waals surface area contributed by atoms with E-state index in [1.807, 2.05) is 26.0 Å². The highest BCUT2D eigenvalue weighted by Gasteiger charge is 2.10. The molecular weight excluding hydrogens is 290 g/mol. The quantitative estimate of drug-likeness (QED) is 0.755. The first-order valence-electron chi connectivity index (χ1n) is 6.89. The molecule has 0 saturated carbocycles. The van der Waals surface area contributed by atoms with Gasteiger partial charge >= 0.3 is 0 Å². The highest BCUT2D eigenvalue weighted by atomic mass is 35.5. The van der Waals surface area contributed by atoms with Crippen LogP contribution >= 0.6 is 12.4 Å². The second kappa shape index (κ2) is 9.37. The fraction of sp³-hybridized carbons (Fsp3) is 0.467. The molecule has 0 aliphatic carbocycles. The molecule has 0 aliphatic heterocycles. The standard InChI is InChI=1S/C15H23N3O2.ClH/c1-4-6-14(19)17-12-7-5-8-13(11(12)3)18-15(20)9-10(2)16;/h5,7-8,10H,4,6,9,16H2,1-3H3,(H,17,19)(H,18,20);1H. The van der Waals surface area contributed by atoms with Crippen molar-refractivity contribution >= 4 is 35.6 Å². The Labute approximate surface area is 132 Å². The third kappa shape index (κ3) is 6.60. The van der Waals surface area contributed by atoms with Crippen LogP contribution in [0.2, 0.25) is 0 Å². The molecule has 0 aromatic heterocycles. The van der Waals surface area contributed by atoms with Crippen molar-refractivity contribution in [2.45, 2.75) is 46.1 Å². The Balaban J connectivity index is 0.00000400. The summed E-state index contributed by atoms with van der Waals surface area (Å²) < 4.78 is 0. The predicted molar refractivity (Wildman–Crippen MR) is 88.9 cm³/mol. The summed E-state index contributed by atoms with van der Waals surface area (Å²) in [5.74, 6) is -0.144. The van der Waals surface area contributed by atoms with Gasteiger partial charge in [0.1, 0.15) is 0 Å². The molecule has 4 N–H and O–H groups in total. The van der Waals surface area contributed by atoms with E-state index in [1.54, 1.807) is 13.0 Å². The van der Waals surface area contributed by atoms with Crippen molar-refractivity contribution in [1.82, 2.24) is 0 Å². The second-order valence-electron chi connectivity index (χ2n) is 5.01. The number of rotatable bonds is 6. The van der Waals surface area contributed by atoms with Gasteiger partial charge in [-0.05, 0) is 38.0 Å². The zero-order chi connectivity index (χ0) is 15.1. The van der Waals surface area contributed by atoms with Crippen LogP contribution in [0.4, 0.5) is 11.4 Å². The predicted octanol–water partition coefficient (Wildman–Crippen LogP) is 2.83. The molecule has 118 valence electrons. The number of carbonyl (C=O) groups excluding carboxylic acids is 2. The van der Waals surface area contributed by atoms with Gasteiger partial charge in [-0.2, -0.15) is 0 Å². The van der Waals surface area contributed by atoms with Gasteiger partial charge in [0, 0.05) is 30.3 Å². The number of halogens is 1. The smallest absolute Gasteiger partial charge is 0.225 e. The molecule has 2 amide bonds. The Kier molecular flexibility index (Phi) is 8.66. The van der Waals surface area contributed by atoms with Crippen LogP contribution in [0, 0.1) is 6.92 Å². The monoisotopic (exact) mass is 313 g/mol. The largest absolute Gasteiger partial charge is 0.327 e. The molecule has 21 heavy (non-hydrogen) atoms. The summed E-state index contributed by atoms with van der Waals surface area (Å²) >= 11 is 0. The first-order chi connectivity index (χ1) is 9.43. The minimum absolute atomic E-state index is 0. The summed E-state index contributed by atoms with van der Waals surface area (Å²) in [7, 11) is 0. The van der Waals surface area contributed by atoms with E-state index < -0.39 is 0 Å². The Morgan fingerprint density at radius 2 is 1.71 bits per heavy atom. The SMILES string of the molecule is CCCC(=O)Nc1cccc(NC(=O)CC(C)N)c1C.Cl. The Morgan fingerprint density at radius 3 is 2.19 bits per heavy atom. The highest BCUT2D eigenvalue weighted by molar-refractivity contribution is 5.95. The lowest BCUT2D eigenvalue weighted by molar-refractivity contribution is -0.117. The zero-order valence-electron chi connectivity index (χ0n) is 12.7. The molecule has 1 aromatic carbocycles. The number of carbonyl (C=O) groups is 2. The van der Waals surface area contributed by atoms with Crippen molar-refractivity contribution in [3.63, 3.8) is 0 Å². The van der Waals surface area contributed by atoms with E-state index in [-0.39, 0.29) is 36.7 Å². The third-order valence-corrected chi connectivity index (χ3v) is 2.87. The minimum Gasteiger partial charge on any atom is -0.327 e. The molecule has 0 bridgehead atoms. The Bertz CT molecular complexity index is 490. The van der Waals surface area contributed by atoms with Crippen LogP contribution < -0.4 is 16.4 Å². The van der Waals surface area contributed by atoms with Gasteiger partial charge < -0.3 is 16.4 Å². The lowest BCUT2D eigenvalue weighted by atomic mass is 10.1. The van der Waals surface area contributed by atoms with Gasteiger partial charge in [0.05, 0.1) is 0 Å². The van der Waals surface area contributed by atoms with Crippen molar-refractivity contribution < 1.29 is 9.59 Å². The number of nitrogens with two attached hydrogens (primary N) is 1. The van der Waals surface area contributed by atoms with Crippen LogP contribution in [-0.4, -0.2) is 17.9 Å². The first-order valence-corrected chi connectivity index (χ1v) is 6.89. The van der Waals surface area contributed by atoms with Crippen molar-refractivity contribution in [3.8, 4) is 0 Å². The molecule has 1 rings (SSSR count). The van der Waals surface area contributed by atoms with Crippen molar-refractivity contribution in [2.24, 2.45) is 5.73 Å². The van der Waals surface area contributed by atoms with Gasteiger partial charge in [0.2, 0.25) is 11.8 Å². The molecular formula is C15H24ClN3O2. The van der Waals surface area contributed by atoms with Crippen molar-refractivity contribution in [1.29, 1.82) is 0 Å². The van der Waals surface area contributed by atoms with E-state index in [1.165, 1.54) is 0 Å². The number of nitrogens with one attached hydrogen (secondary N) is 2. The topological polar surface area (TPSA) is 84.2 Å². The molecule has 0 heterocycles. The number of hydrogen-bond donors (Lipinski definition) is 3. The summed E-state index contributed by atoms with van der Waals surface area (Å²) in [5, 5.41) is 5.67. The molecule has 0 fully saturated rings. The summed E-state index contributed by atoms with van der Waals surface area (Å²) in [6.45, 7) is 5.61.